The van der Waals surface area contributed by atoms with E-state index in [-0.39, 0.29) is 28.0 Å². The van der Waals surface area contributed by atoms with E-state index in [1.807, 2.05) is 0 Å². The van der Waals surface area contributed by atoms with E-state index in [9.17, 15) is 12.8 Å². The Morgan fingerprint density at radius 2 is 1.90 bits per heavy atom. The Hall–Kier alpha value is -2.75. The Labute approximate surface area is 172 Å². The molecule has 3 aromatic rings. The molecule has 0 aliphatic carbocycles. The highest BCUT2D eigenvalue weighted by Gasteiger charge is 2.17. The Kier molecular flexibility index (Phi) is 5.35. The molecule has 2 aromatic carbocycles. The molecule has 4 bridgehead atoms. The molecule has 3 N–H and O–H groups in total. The van der Waals surface area contributed by atoms with E-state index >= 15 is 0 Å². The first kappa shape index (κ1) is 19.6. The minimum absolute atomic E-state index is 0.00719. The summed E-state index contributed by atoms with van der Waals surface area (Å²) in [5.41, 5.74) is 1.25. The quantitative estimate of drug-likeness (QED) is 0.540. The largest absolute Gasteiger partial charge is 0.369 e. The van der Waals surface area contributed by atoms with E-state index in [2.05, 4.69) is 25.3 Å². The summed E-state index contributed by atoms with van der Waals surface area (Å²) in [6.45, 7) is 0.664. The van der Waals surface area contributed by atoms with Crippen LogP contribution in [0.1, 0.15) is 6.42 Å². The van der Waals surface area contributed by atoms with E-state index in [4.69, 9.17) is 11.6 Å². The molecular formula is C19H17ClFN5O2S. The van der Waals surface area contributed by atoms with Gasteiger partial charge in [0.25, 0.3) is 0 Å². The van der Waals surface area contributed by atoms with Crippen LogP contribution in [0.15, 0.2) is 53.6 Å². The Morgan fingerprint density at radius 1 is 1.07 bits per heavy atom. The zero-order valence-electron chi connectivity index (χ0n) is 15.1. The predicted octanol–water partition coefficient (Wildman–Crippen LogP) is 3.77. The average Bonchev–Trinajstić information content (AvgIpc) is 2.70. The third-order valence-electron chi connectivity index (χ3n) is 4.37. The van der Waals surface area contributed by atoms with Crippen LogP contribution in [0.5, 0.6) is 0 Å². The van der Waals surface area contributed by atoms with Crippen LogP contribution >= 0.6 is 11.6 Å². The second kappa shape index (κ2) is 7.94. The molecule has 1 aromatic heterocycles. The highest BCUT2D eigenvalue weighted by Crippen LogP contribution is 2.32. The first-order valence-electron chi connectivity index (χ1n) is 8.86. The third-order valence-corrected chi connectivity index (χ3v) is 6.12. The molecule has 0 radical (unpaired) electrons. The van der Waals surface area contributed by atoms with Gasteiger partial charge in [-0.05, 0) is 30.7 Å². The number of aromatic nitrogens is 2. The molecule has 1 aliphatic rings. The molecule has 0 amide bonds. The number of halogens is 2. The van der Waals surface area contributed by atoms with Gasteiger partial charge >= 0.3 is 0 Å². The molecule has 29 heavy (non-hydrogen) atoms. The summed E-state index contributed by atoms with van der Waals surface area (Å²) in [4.78, 5) is 8.87. The molecule has 0 fully saturated rings. The summed E-state index contributed by atoms with van der Waals surface area (Å²) in [6.07, 6.45) is 2.01. The fourth-order valence-corrected chi connectivity index (χ4v) is 4.23. The Morgan fingerprint density at radius 3 is 2.76 bits per heavy atom. The number of hydrogen-bond donors (Lipinski definition) is 3. The van der Waals surface area contributed by atoms with Crippen molar-refractivity contribution in [1.29, 1.82) is 0 Å². The molecule has 7 nitrogen and oxygen atoms in total. The van der Waals surface area contributed by atoms with E-state index in [0.717, 1.165) is 0 Å². The van der Waals surface area contributed by atoms with Gasteiger partial charge in [-0.25, -0.2) is 22.5 Å². The van der Waals surface area contributed by atoms with Crippen molar-refractivity contribution >= 4 is 39.1 Å². The van der Waals surface area contributed by atoms with Crippen molar-refractivity contribution in [2.75, 3.05) is 23.7 Å². The second-order valence-electron chi connectivity index (χ2n) is 6.39. The fraction of sp³-hybridized carbons (Fsp3) is 0.158. The number of hydrogen-bond acceptors (Lipinski definition) is 6. The summed E-state index contributed by atoms with van der Waals surface area (Å²) in [5.74, 6) is 0.113. The van der Waals surface area contributed by atoms with Crippen molar-refractivity contribution in [3.8, 4) is 11.1 Å². The van der Waals surface area contributed by atoms with Crippen molar-refractivity contribution < 1.29 is 12.8 Å². The van der Waals surface area contributed by atoms with Gasteiger partial charge in [0, 0.05) is 36.1 Å². The van der Waals surface area contributed by atoms with E-state index in [1.165, 1.54) is 24.4 Å². The zero-order valence-corrected chi connectivity index (χ0v) is 16.7. The minimum Gasteiger partial charge on any atom is -0.369 e. The molecule has 1 aliphatic heterocycles. The lowest BCUT2D eigenvalue weighted by Crippen LogP contribution is -2.26. The van der Waals surface area contributed by atoms with Crippen LogP contribution < -0.4 is 15.4 Å². The van der Waals surface area contributed by atoms with Gasteiger partial charge in [-0.15, -0.1) is 0 Å². The molecule has 0 saturated heterocycles. The molecule has 150 valence electrons. The molecule has 0 spiro atoms. The van der Waals surface area contributed by atoms with Crippen molar-refractivity contribution in [3.63, 3.8) is 0 Å². The maximum atomic E-state index is 14.5. The van der Waals surface area contributed by atoms with E-state index < -0.39 is 15.8 Å². The van der Waals surface area contributed by atoms with Gasteiger partial charge in [-0.2, -0.15) is 4.98 Å². The highest BCUT2D eigenvalue weighted by molar-refractivity contribution is 7.89. The number of nitrogens with zero attached hydrogens (tertiary/aromatic N) is 2. The van der Waals surface area contributed by atoms with Gasteiger partial charge in [0.15, 0.2) is 0 Å². The van der Waals surface area contributed by atoms with Gasteiger partial charge in [0.1, 0.15) is 11.6 Å². The predicted molar refractivity (Wildman–Crippen MR) is 110 cm³/mol. The summed E-state index contributed by atoms with van der Waals surface area (Å²) in [7, 11) is -3.62. The van der Waals surface area contributed by atoms with Crippen LogP contribution in [-0.4, -0.2) is 31.5 Å². The minimum atomic E-state index is -3.62. The lowest BCUT2D eigenvalue weighted by molar-refractivity contribution is 0.580. The number of fused-ring (bicyclic) bond motifs is 4. The van der Waals surface area contributed by atoms with Gasteiger partial charge in [-0.3, -0.25) is 0 Å². The maximum absolute atomic E-state index is 14.5. The highest BCUT2D eigenvalue weighted by atomic mass is 35.5. The molecule has 0 atom stereocenters. The van der Waals surface area contributed by atoms with Crippen LogP contribution in [0.4, 0.5) is 21.8 Å². The Balaban J connectivity index is 1.78. The monoisotopic (exact) mass is 433 g/mol. The van der Waals surface area contributed by atoms with Gasteiger partial charge in [-0.1, -0.05) is 29.8 Å². The molecular weight excluding hydrogens is 417 g/mol. The zero-order chi connectivity index (χ0) is 20.4. The average molecular weight is 434 g/mol. The van der Waals surface area contributed by atoms with E-state index in [1.54, 1.807) is 24.3 Å². The van der Waals surface area contributed by atoms with Crippen LogP contribution in [-0.2, 0) is 10.0 Å². The normalized spacial score (nSPS) is 15.8. The van der Waals surface area contributed by atoms with Gasteiger partial charge in [0.2, 0.25) is 16.0 Å². The number of nitrogens with one attached hydrogen (secondary N) is 3. The first-order chi connectivity index (χ1) is 13.9. The van der Waals surface area contributed by atoms with Gasteiger partial charge in [0.05, 0.1) is 9.92 Å². The molecule has 2 heterocycles. The van der Waals surface area contributed by atoms with Crippen molar-refractivity contribution in [2.45, 2.75) is 11.3 Å². The molecule has 0 unspecified atom stereocenters. The van der Waals surface area contributed by atoms with Gasteiger partial charge < -0.3 is 10.6 Å². The molecule has 4 rings (SSSR count). The summed E-state index contributed by atoms with van der Waals surface area (Å²) in [5, 5.41) is 6.13. The van der Waals surface area contributed by atoms with Crippen LogP contribution in [0.25, 0.3) is 11.1 Å². The summed E-state index contributed by atoms with van der Waals surface area (Å²) < 4.78 is 41.9. The number of rotatable bonds is 1. The fourth-order valence-electron chi connectivity index (χ4n) is 2.94. The SMILES string of the molecule is O=S1(=O)NCCCNc2nc(ncc2-c2cccc(Cl)c2F)Nc2cccc1c2. The lowest BCUT2D eigenvalue weighted by Gasteiger charge is -2.14. The van der Waals surface area contributed by atoms with Crippen LogP contribution in [0.3, 0.4) is 0 Å². The smallest absolute Gasteiger partial charge is 0.240 e. The molecule has 10 heteroatoms. The third kappa shape index (κ3) is 4.16. The standard InChI is InChI=1S/C19H17ClFN5O2S/c20-16-7-2-6-14(17(16)21)15-11-23-19-25-12-4-1-5-13(10-12)29(27,28)24-9-3-8-22-18(15)26-19/h1-2,4-7,10-11,24H,3,8-9H2,(H2,22,23,25,26). The van der Waals surface area contributed by atoms with E-state index in [0.29, 0.717) is 30.0 Å². The topological polar surface area (TPSA) is 96.0 Å². The van der Waals surface area contributed by atoms with Crippen LogP contribution in [0.2, 0.25) is 5.02 Å². The first-order valence-corrected chi connectivity index (χ1v) is 10.7. The second-order valence-corrected chi connectivity index (χ2v) is 8.56. The van der Waals surface area contributed by atoms with Crippen molar-refractivity contribution in [2.24, 2.45) is 0 Å². The molecule has 0 saturated carbocycles. The van der Waals surface area contributed by atoms with Crippen molar-refractivity contribution in [1.82, 2.24) is 14.7 Å². The number of anilines is 3. The summed E-state index contributed by atoms with van der Waals surface area (Å²) in [6, 6.07) is 11.1. The van der Waals surface area contributed by atoms with Crippen LogP contribution in [0, 0.1) is 5.82 Å². The summed E-state index contributed by atoms with van der Waals surface area (Å²) >= 11 is 5.92. The number of sulfonamides is 1. The number of benzene rings is 2. The Bertz CT molecular complexity index is 1170. The maximum Gasteiger partial charge on any atom is 0.240 e. The van der Waals surface area contributed by atoms with Crippen molar-refractivity contribution in [3.05, 3.63) is 59.5 Å². The lowest BCUT2D eigenvalue weighted by atomic mass is 10.1.